The zero-order valence-corrected chi connectivity index (χ0v) is 14.8. The fraction of sp³-hybridized carbons (Fsp3) is 0.429. The van der Waals surface area contributed by atoms with E-state index < -0.39 is 27.8 Å². The maximum Gasteiger partial charge on any atom is 0.337 e. The summed E-state index contributed by atoms with van der Waals surface area (Å²) in [6, 6.07) is 3.11. The number of esters is 1. The van der Waals surface area contributed by atoms with Gasteiger partial charge in [-0.15, -0.1) is 0 Å². The maximum atomic E-state index is 12.0. The van der Waals surface area contributed by atoms with Gasteiger partial charge in [0.25, 0.3) is 0 Å². The van der Waals surface area contributed by atoms with Gasteiger partial charge >= 0.3 is 5.97 Å². The molecule has 3 N–H and O–H groups in total. The van der Waals surface area contributed by atoms with Gasteiger partial charge in [0, 0.05) is 11.9 Å². The van der Waals surface area contributed by atoms with Crippen LogP contribution in [0, 0.1) is 0 Å². The normalized spacial score (nSPS) is 12.5. The largest absolute Gasteiger partial charge is 0.465 e. The third-order valence-corrected chi connectivity index (χ3v) is 4.73. The fourth-order valence-corrected chi connectivity index (χ4v) is 2.90. The highest BCUT2D eigenvalue weighted by Gasteiger charge is 2.18. The number of sulfone groups is 1. The minimum atomic E-state index is -3.55. The maximum absolute atomic E-state index is 12.0. The van der Waals surface area contributed by atoms with E-state index in [2.05, 4.69) is 10.1 Å². The molecule has 0 aliphatic heterocycles. The summed E-state index contributed by atoms with van der Waals surface area (Å²) in [5.41, 5.74) is 5.97. The SMILES string of the molecule is COC(=O)c1cc(NC(=O)[C@@H](N)CCSC)cc(S(C)(=O)=O)c1. The lowest BCUT2D eigenvalue weighted by Gasteiger charge is -2.13. The van der Waals surface area contributed by atoms with Crippen molar-refractivity contribution < 1.29 is 22.7 Å². The number of methoxy groups -OCH3 is 1. The molecule has 0 saturated carbocycles. The van der Waals surface area contributed by atoms with Gasteiger partial charge in [0.05, 0.1) is 23.6 Å². The molecule has 1 amide bonds. The van der Waals surface area contributed by atoms with Crippen LogP contribution in [-0.2, 0) is 19.4 Å². The Morgan fingerprint density at radius 1 is 1.35 bits per heavy atom. The molecule has 0 aromatic heterocycles. The molecular formula is C14H20N2O5S2. The Bertz CT molecular complexity index is 688. The Morgan fingerprint density at radius 2 is 2.00 bits per heavy atom. The van der Waals surface area contributed by atoms with E-state index in [-0.39, 0.29) is 16.1 Å². The summed E-state index contributed by atoms with van der Waals surface area (Å²) in [6.07, 6.45) is 3.41. The van der Waals surface area contributed by atoms with Crippen molar-refractivity contribution in [3.8, 4) is 0 Å². The second kappa shape index (κ2) is 8.32. The summed E-state index contributed by atoms with van der Waals surface area (Å²) in [5, 5.41) is 2.54. The molecular weight excluding hydrogens is 340 g/mol. The number of carbonyl (C=O) groups excluding carboxylic acids is 2. The molecule has 0 aliphatic carbocycles. The van der Waals surface area contributed by atoms with Crippen molar-refractivity contribution in [2.45, 2.75) is 17.4 Å². The Labute approximate surface area is 139 Å². The van der Waals surface area contributed by atoms with E-state index in [9.17, 15) is 18.0 Å². The molecule has 0 aliphatic rings. The number of ether oxygens (including phenoxy) is 1. The molecule has 23 heavy (non-hydrogen) atoms. The zero-order chi connectivity index (χ0) is 17.6. The van der Waals surface area contributed by atoms with Crippen molar-refractivity contribution in [3.63, 3.8) is 0 Å². The summed E-state index contributed by atoms with van der Waals surface area (Å²) < 4.78 is 28.0. The monoisotopic (exact) mass is 360 g/mol. The molecule has 128 valence electrons. The van der Waals surface area contributed by atoms with Crippen molar-refractivity contribution >= 4 is 39.2 Å². The van der Waals surface area contributed by atoms with Crippen LogP contribution in [0.2, 0.25) is 0 Å². The fourth-order valence-electron chi connectivity index (χ4n) is 1.73. The van der Waals surface area contributed by atoms with E-state index in [0.717, 1.165) is 12.0 Å². The van der Waals surface area contributed by atoms with E-state index in [0.29, 0.717) is 6.42 Å². The number of hydrogen-bond donors (Lipinski definition) is 2. The molecule has 0 heterocycles. The number of benzene rings is 1. The topological polar surface area (TPSA) is 116 Å². The molecule has 1 rings (SSSR count). The van der Waals surface area contributed by atoms with Crippen LogP contribution >= 0.6 is 11.8 Å². The van der Waals surface area contributed by atoms with Crippen LogP contribution in [0.5, 0.6) is 0 Å². The van der Waals surface area contributed by atoms with Gasteiger partial charge in [0.2, 0.25) is 5.91 Å². The Hall–Kier alpha value is -1.58. The lowest BCUT2D eigenvalue weighted by atomic mass is 10.2. The van der Waals surface area contributed by atoms with E-state index in [1.807, 2.05) is 6.26 Å². The lowest BCUT2D eigenvalue weighted by Crippen LogP contribution is -2.36. The summed E-state index contributed by atoms with van der Waals surface area (Å²) >= 11 is 1.57. The van der Waals surface area contributed by atoms with Crippen molar-refractivity contribution in [1.29, 1.82) is 0 Å². The molecule has 0 radical (unpaired) electrons. The van der Waals surface area contributed by atoms with Gasteiger partial charge < -0.3 is 15.8 Å². The molecule has 1 aromatic rings. The number of thioether (sulfide) groups is 1. The number of anilines is 1. The number of amides is 1. The second-order valence-electron chi connectivity index (χ2n) is 4.89. The van der Waals surface area contributed by atoms with Crippen LogP contribution in [0.3, 0.4) is 0 Å². The highest BCUT2D eigenvalue weighted by Crippen LogP contribution is 2.20. The molecule has 0 fully saturated rings. The smallest absolute Gasteiger partial charge is 0.337 e. The average Bonchev–Trinajstić information content (AvgIpc) is 2.50. The van der Waals surface area contributed by atoms with E-state index in [4.69, 9.17) is 5.73 Å². The number of nitrogens with two attached hydrogens (primary N) is 1. The van der Waals surface area contributed by atoms with E-state index in [1.54, 1.807) is 11.8 Å². The predicted molar refractivity (Wildman–Crippen MR) is 90.5 cm³/mol. The highest BCUT2D eigenvalue weighted by molar-refractivity contribution is 7.98. The standard InChI is InChI=1S/C14H20N2O5S2/c1-21-14(18)9-6-10(8-11(7-9)23(3,19)20)16-13(17)12(15)4-5-22-2/h6-8,12H,4-5,15H2,1-3H3,(H,16,17)/t12-/m0/s1. The molecule has 9 heteroatoms. The molecule has 1 atom stereocenters. The summed E-state index contributed by atoms with van der Waals surface area (Å²) in [4.78, 5) is 23.6. The number of rotatable bonds is 7. The Morgan fingerprint density at radius 3 is 2.52 bits per heavy atom. The number of carbonyl (C=O) groups is 2. The van der Waals surface area contributed by atoms with Crippen molar-refractivity contribution in [2.75, 3.05) is 30.7 Å². The van der Waals surface area contributed by atoms with E-state index >= 15 is 0 Å². The van der Waals surface area contributed by atoms with Crippen LogP contribution < -0.4 is 11.1 Å². The van der Waals surface area contributed by atoms with Gasteiger partial charge in [-0.05, 0) is 36.6 Å². The van der Waals surface area contributed by atoms with Crippen LogP contribution in [0.4, 0.5) is 5.69 Å². The van der Waals surface area contributed by atoms with Gasteiger partial charge in [0.15, 0.2) is 9.84 Å². The second-order valence-corrected chi connectivity index (χ2v) is 7.89. The average molecular weight is 360 g/mol. The Kier molecular flexibility index (Phi) is 7.04. The van der Waals surface area contributed by atoms with Gasteiger partial charge in [-0.2, -0.15) is 11.8 Å². The van der Waals surface area contributed by atoms with Gasteiger partial charge in [-0.25, -0.2) is 13.2 Å². The first-order valence-corrected chi connectivity index (χ1v) is 9.96. The molecule has 0 bridgehead atoms. The molecule has 0 unspecified atom stereocenters. The zero-order valence-electron chi connectivity index (χ0n) is 13.2. The summed E-state index contributed by atoms with van der Waals surface area (Å²) in [7, 11) is -2.37. The third kappa shape index (κ3) is 5.85. The van der Waals surface area contributed by atoms with Gasteiger partial charge in [-0.1, -0.05) is 0 Å². The van der Waals surface area contributed by atoms with Crippen LogP contribution in [0.25, 0.3) is 0 Å². The summed E-state index contributed by atoms with van der Waals surface area (Å²) in [6.45, 7) is 0. The molecule has 0 saturated heterocycles. The van der Waals surface area contributed by atoms with Crippen molar-refractivity contribution in [3.05, 3.63) is 23.8 Å². The first-order chi connectivity index (χ1) is 10.7. The molecule has 7 nitrogen and oxygen atoms in total. The van der Waals surface area contributed by atoms with Crippen molar-refractivity contribution in [2.24, 2.45) is 5.73 Å². The van der Waals surface area contributed by atoms with Crippen LogP contribution in [-0.4, -0.2) is 51.7 Å². The Balaban J connectivity index is 3.10. The number of nitrogens with one attached hydrogen (secondary N) is 1. The van der Waals surface area contributed by atoms with Crippen molar-refractivity contribution in [1.82, 2.24) is 0 Å². The predicted octanol–water partition coefficient (Wildman–Crippen LogP) is 0.896. The lowest BCUT2D eigenvalue weighted by molar-refractivity contribution is -0.117. The first-order valence-electron chi connectivity index (χ1n) is 6.68. The van der Waals surface area contributed by atoms with Crippen LogP contribution in [0.1, 0.15) is 16.8 Å². The molecule has 0 spiro atoms. The quantitative estimate of drug-likeness (QED) is 0.694. The van der Waals surface area contributed by atoms with Gasteiger partial charge in [-0.3, -0.25) is 4.79 Å². The highest BCUT2D eigenvalue weighted by atomic mass is 32.2. The minimum absolute atomic E-state index is 0.0309. The van der Waals surface area contributed by atoms with Gasteiger partial charge in [0.1, 0.15) is 0 Å². The molecule has 1 aromatic carbocycles. The summed E-state index contributed by atoms with van der Waals surface area (Å²) in [5.74, 6) is -0.413. The van der Waals surface area contributed by atoms with E-state index in [1.165, 1.54) is 25.3 Å². The minimum Gasteiger partial charge on any atom is -0.465 e. The third-order valence-electron chi connectivity index (χ3n) is 2.99. The first kappa shape index (κ1) is 19.5. The van der Waals surface area contributed by atoms with Crippen LogP contribution in [0.15, 0.2) is 23.1 Å². The number of hydrogen-bond acceptors (Lipinski definition) is 7.